The fraction of sp³-hybridized carbons (Fsp3) is 0.222. The smallest absolute Gasteiger partial charge is 0.142 e. The van der Waals surface area contributed by atoms with Crippen molar-refractivity contribution in [3.05, 3.63) is 71.6 Å². The van der Waals surface area contributed by atoms with Crippen LogP contribution in [0.15, 0.2) is 43.0 Å². The monoisotopic (exact) mass is 324 g/mol. The molecule has 4 nitrogen and oxygen atoms in total. The molecule has 4 heterocycles. The van der Waals surface area contributed by atoms with Crippen molar-refractivity contribution in [2.75, 3.05) is 0 Å². The fourth-order valence-corrected chi connectivity index (χ4v) is 3.36. The van der Waals surface area contributed by atoms with E-state index in [0.717, 1.165) is 17.8 Å². The number of hydrogen-bond donors (Lipinski definition) is 0. The number of aryl methyl sites for hydroxylation is 1. The van der Waals surface area contributed by atoms with Crippen LogP contribution in [0.3, 0.4) is 0 Å². The van der Waals surface area contributed by atoms with E-state index >= 15 is 0 Å². The molecule has 0 radical (unpaired) electrons. The average Bonchev–Trinajstić information content (AvgIpc) is 3.06. The molecular formula is C18H14F2N4. The molecule has 6 heteroatoms. The third-order valence-electron chi connectivity index (χ3n) is 4.82. The second kappa shape index (κ2) is 4.63. The minimum Gasteiger partial charge on any atom is -0.307 e. The highest BCUT2D eigenvalue weighted by molar-refractivity contribution is 5.50. The Balaban J connectivity index is 1.50. The van der Waals surface area contributed by atoms with Gasteiger partial charge in [0, 0.05) is 48.3 Å². The molecule has 2 atom stereocenters. The summed E-state index contributed by atoms with van der Waals surface area (Å²) in [7, 11) is 0. The molecule has 24 heavy (non-hydrogen) atoms. The minimum atomic E-state index is -0.287. The molecule has 4 aromatic rings. The van der Waals surface area contributed by atoms with E-state index in [2.05, 4.69) is 9.97 Å². The summed E-state index contributed by atoms with van der Waals surface area (Å²) in [4.78, 5) is 9.13. The molecule has 1 aliphatic carbocycles. The van der Waals surface area contributed by atoms with Crippen molar-refractivity contribution < 1.29 is 8.78 Å². The lowest BCUT2D eigenvalue weighted by molar-refractivity contribution is 0.617. The van der Waals surface area contributed by atoms with Gasteiger partial charge in [0.2, 0.25) is 0 Å². The number of hydrogen-bond acceptors (Lipinski definition) is 2. The van der Waals surface area contributed by atoms with E-state index in [0.29, 0.717) is 16.9 Å². The van der Waals surface area contributed by atoms with Crippen LogP contribution in [0, 0.1) is 18.6 Å². The standard InChI is InChI=1S/C18H14F2N4/c1-10-14(20)3-5-24-9-16(22-18(10)24)13-7-12(13)15-8-23-4-2-11(19)6-17(23)21-15/h2-6,8-9,12-13H,7H2,1H3. The van der Waals surface area contributed by atoms with Gasteiger partial charge in [0.1, 0.15) is 22.9 Å². The molecule has 2 unspecified atom stereocenters. The van der Waals surface area contributed by atoms with Gasteiger partial charge in [0.05, 0.1) is 11.4 Å². The van der Waals surface area contributed by atoms with Crippen molar-refractivity contribution in [1.29, 1.82) is 0 Å². The largest absolute Gasteiger partial charge is 0.307 e. The van der Waals surface area contributed by atoms with Crippen molar-refractivity contribution in [1.82, 2.24) is 18.8 Å². The van der Waals surface area contributed by atoms with E-state index in [-0.39, 0.29) is 23.5 Å². The van der Waals surface area contributed by atoms with E-state index in [1.807, 2.05) is 21.2 Å². The summed E-state index contributed by atoms with van der Waals surface area (Å²) < 4.78 is 30.7. The lowest BCUT2D eigenvalue weighted by Crippen LogP contribution is -1.90. The predicted octanol–water partition coefficient (Wildman–Crippen LogP) is 3.84. The molecule has 1 fully saturated rings. The normalized spacial score (nSPS) is 20.1. The SMILES string of the molecule is Cc1c(F)ccn2cc(C3CC3c3cn4ccc(F)cc4n3)nc12. The zero-order chi connectivity index (χ0) is 16.4. The second-order valence-electron chi connectivity index (χ2n) is 6.41. The highest BCUT2D eigenvalue weighted by Crippen LogP contribution is 2.53. The van der Waals surface area contributed by atoms with Gasteiger partial charge < -0.3 is 8.80 Å². The van der Waals surface area contributed by atoms with Gasteiger partial charge in [-0.05, 0) is 25.5 Å². The van der Waals surface area contributed by atoms with Crippen molar-refractivity contribution >= 4 is 11.3 Å². The van der Waals surface area contributed by atoms with Gasteiger partial charge in [-0.3, -0.25) is 0 Å². The predicted molar refractivity (Wildman–Crippen MR) is 85.1 cm³/mol. The maximum Gasteiger partial charge on any atom is 0.142 e. The summed E-state index contributed by atoms with van der Waals surface area (Å²) in [6.45, 7) is 1.74. The number of fused-ring (bicyclic) bond motifs is 2. The summed E-state index contributed by atoms with van der Waals surface area (Å²) in [5, 5.41) is 0. The fourth-order valence-electron chi connectivity index (χ4n) is 3.36. The third kappa shape index (κ3) is 1.95. The maximum atomic E-state index is 13.7. The van der Waals surface area contributed by atoms with Crippen LogP contribution in [0.5, 0.6) is 0 Å². The molecule has 4 aromatic heterocycles. The highest BCUT2D eigenvalue weighted by Gasteiger charge is 2.43. The zero-order valence-electron chi connectivity index (χ0n) is 12.9. The molecular weight excluding hydrogens is 310 g/mol. The first kappa shape index (κ1) is 13.7. The maximum absolute atomic E-state index is 13.7. The van der Waals surface area contributed by atoms with Crippen LogP contribution in [-0.2, 0) is 0 Å². The highest BCUT2D eigenvalue weighted by atomic mass is 19.1. The Morgan fingerprint density at radius 1 is 1.00 bits per heavy atom. The van der Waals surface area contributed by atoms with Gasteiger partial charge in [-0.25, -0.2) is 18.7 Å². The van der Waals surface area contributed by atoms with Crippen LogP contribution in [-0.4, -0.2) is 18.8 Å². The summed E-state index contributed by atoms with van der Waals surface area (Å²) in [6.07, 6.45) is 8.23. The summed E-state index contributed by atoms with van der Waals surface area (Å²) in [5.74, 6) is 0.0318. The van der Waals surface area contributed by atoms with Crippen LogP contribution in [0.1, 0.15) is 35.2 Å². The first-order chi connectivity index (χ1) is 11.6. The lowest BCUT2D eigenvalue weighted by Gasteiger charge is -1.97. The van der Waals surface area contributed by atoms with Gasteiger partial charge in [0.15, 0.2) is 0 Å². The average molecular weight is 324 g/mol. The van der Waals surface area contributed by atoms with E-state index in [1.54, 1.807) is 19.3 Å². The number of halogens is 2. The Kier molecular flexibility index (Phi) is 2.63. The Labute approximate surface area is 136 Å². The van der Waals surface area contributed by atoms with Crippen molar-refractivity contribution in [3.8, 4) is 0 Å². The first-order valence-corrected chi connectivity index (χ1v) is 7.88. The molecule has 0 N–H and O–H groups in total. The van der Waals surface area contributed by atoms with Crippen LogP contribution in [0.4, 0.5) is 8.78 Å². The van der Waals surface area contributed by atoms with E-state index in [4.69, 9.17) is 0 Å². The molecule has 1 aliphatic rings. The van der Waals surface area contributed by atoms with Crippen LogP contribution >= 0.6 is 0 Å². The Hall–Kier alpha value is -2.76. The summed E-state index contributed by atoms with van der Waals surface area (Å²) in [5.41, 5.74) is 3.74. The molecule has 0 bridgehead atoms. The van der Waals surface area contributed by atoms with Gasteiger partial charge in [-0.1, -0.05) is 0 Å². The quantitative estimate of drug-likeness (QED) is 0.561. The van der Waals surface area contributed by atoms with Crippen LogP contribution in [0.25, 0.3) is 11.3 Å². The lowest BCUT2D eigenvalue weighted by atomic mass is 10.2. The Morgan fingerprint density at radius 3 is 2.54 bits per heavy atom. The number of aromatic nitrogens is 4. The first-order valence-electron chi connectivity index (χ1n) is 7.88. The summed E-state index contributed by atoms with van der Waals surface area (Å²) >= 11 is 0. The van der Waals surface area contributed by atoms with Gasteiger partial charge >= 0.3 is 0 Å². The van der Waals surface area contributed by atoms with E-state index in [1.165, 1.54) is 18.2 Å². The van der Waals surface area contributed by atoms with E-state index < -0.39 is 0 Å². The Morgan fingerprint density at radius 2 is 1.71 bits per heavy atom. The molecule has 0 aliphatic heterocycles. The molecule has 0 amide bonds. The van der Waals surface area contributed by atoms with E-state index in [9.17, 15) is 8.78 Å². The summed E-state index contributed by atoms with van der Waals surface area (Å²) in [6, 6.07) is 4.30. The second-order valence-corrected chi connectivity index (χ2v) is 6.41. The van der Waals surface area contributed by atoms with Gasteiger partial charge in [0.25, 0.3) is 0 Å². The van der Waals surface area contributed by atoms with Gasteiger partial charge in [-0.15, -0.1) is 0 Å². The molecule has 1 saturated carbocycles. The van der Waals surface area contributed by atoms with Gasteiger partial charge in [-0.2, -0.15) is 0 Å². The molecule has 5 rings (SSSR count). The molecule has 120 valence electrons. The number of nitrogens with zero attached hydrogens (tertiary/aromatic N) is 4. The number of rotatable bonds is 2. The topological polar surface area (TPSA) is 34.6 Å². The zero-order valence-corrected chi connectivity index (χ0v) is 12.9. The van der Waals surface area contributed by atoms with Crippen molar-refractivity contribution in [2.24, 2.45) is 0 Å². The molecule has 0 spiro atoms. The molecule has 0 aromatic carbocycles. The number of pyridine rings is 2. The van der Waals surface area contributed by atoms with Crippen LogP contribution in [0.2, 0.25) is 0 Å². The van der Waals surface area contributed by atoms with Crippen molar-refractivity contribution in [3.63, 3.8) is 0 Å². The van der Waals surface area contributed by atoms with Crippen LogP contribution < -0.4 is 0 Å². The molecule has 0 saturated heterocycles. The Bertz CT molecular complexity index is 1100. The number of imidazole rings is 2. The van der Waals surface area contributed by atoms with Crippen molar-refractivity contribution in [2.45, 2.75) is 25.2 Å². The minimum absolute atomic E-state index is 0.241. The third-order valence-corrected chi connectivity index (χ3v) is 4.82.